The molecule has 26 heavy (non-hydrogen) atoms. The van der Waals surface area contributed by atoms with E-state index in [0.29, 0.717) is 17.7 Å². The Labute approximate surface area is 154 Å². The zero-order valence-corrected chi connectivity index (χ0v) is 15.3. The average molecular weight is 356 g/mol. The zero-order valence-electron chi connectivity index (χ0n) is 15.3. The van der Waals surface area contributed by atoms with Gasteiger partial charge in [-0.1, -0.05) is 30.2 Å². The van der Waals surface area contributed by atoms with Gasteiger partial charge in [-0.25, -0.2) is 4.68 Å². The van der Waals surface area contributed by atoms with Crippen LogP contribution < -0.4 is 0 Å². The van der Waals surface area contributed by atoms with Crippen LogP contribution in [-0.4, -0.2) is 44.0 Å². The molecule has 0 aromatic carbocycles. The van der Waals surface area contributed by atoms with Crippen LogP contribution in [0.5, 0.6) is 0 Å². The smallest absolute Gasteiger partial charge is 0.226 e. The van der Waals surface area contributed by atoms with Crippen LogP contribution in [-0.2, 0) is 10.4 Å². The highest BCUT2D eigenvalue weighted by Gasteiger charge is 2.42. The molecule has 1 aromatic rings. The van der Waals surface area contributed by atoms with Crippen molar-refractivity contribution >= 4 is 5.91 Å². The van der Waals surface area contributed by atoms with E-state index in [1.807, 2.05) is 10.9 Å². The van der Waals surface area contributed by atoms with Crippen molar-refractivity contribution in [3.8, 4) is 0 Å². The second-order valence-corrected chi connectivity index (χ2v) is 8.77. The molecular weight excluding hydrogens is 328 g/mol. The highest BCUT2D eigenvalue weighted by Crippen LogP contribution is 2.44. The number of aliphatic hydroxyl groups is 1. The van der Waals surface area contributed by atoms with Gasteiger partial charge in [-0.15, -0.1) is 5.10 Å². The summed E-state index contributed by atoms with van der Waals surface area (Å²) in [4.78, 5) is 14.9. The third-order valence-electron chi connectivity index (χ3n) is 7.16. The second kappa shape index (κ2) is 6.19. The first-order valence-electron chi connectivity index (χ1n) is 10.2. The molecule has 4 aliphatic rings. The number of nitrogens with zero attached hydrogens (tertiary/aromatic N) is 4. The lowest BCUT2D eigenvalue weighted by atomic mass is 9.91. The van der Waals surface area contributed by atoms with Crippen molar-refractivity contribution in [3.63, 3.8) is 0 Å². The number of carbonyl (C=O) groups is 1. The van der Waals surface area contributed by atoms with Gasteiger partial charge in [0.25, 0.3) is 0 Å². The number of amides is 1. The number of aromatic nitrogens is 3. The molecule has 1 N–H and O–H groups in total. The number of hydrogen-bond donors (Lipinski definition) is 1. The van der Waals surface area contributed by atoms with Crippen LogP contribution in [0, 0.1) is 17.8 Å². The van der Waals surface area contributed by atoms with Crippen LogP contribution in [0.4, 0.5) is 0 Å². The fourth-order valence-electron chi connectivity index (χ4n) is 5.53. The summed E-state index contributed by atoms with van der Waals surface area (Å²) in [7, 11) is 0. The molecule has 2 heterocycles. The molecule has 1 amide bonds. The maximum absolute atomic E-state index is 12.9. The number of allylic oxidation sites excluding steroid dienone is 2. The predicted octanol–water partition coefficient (Wildman–Crippen LogP) is 2.42. The minimum absolute atomic E-state index is 0.219. The van der Waals surface area contributed by atoms with Crippen LogP contribution in [0.2, 0.25) is 0 Å². The van der Waals surface area contributed by atoms with Crippen molar-refractivity contribution in [2.45, 2.75) is 63.0 Å². The highest BCUT2D eigenvalue weighted by atomic mass is 16.3. The molecule has 6 heteroatoms. The lowest BCUT2D eigenvalue weighted by Gasteiger charge is -2.34. The number of carbonyl (C=O) groups excluding carboxylic acids is 1. The highest BCUT2D eigenvalue weighted by molar-refractivity contribution is 5.80. The molecule has 2 bridgehead atoms. The fourth-order valence-corrected chi connectivity index (χ4v) is 5.53. The Kier molecular flexibility index (Phi) is 3.92. The van der Waals surface area contributed by atoms with Gasteiger partial charge in [0.2, 0.25) is 5.91 Å². The van der Waals surface area contributed by atoms with Crippen molar-refractivity contribution in [1.29, 1.82) is 0 Å². The van der Waals surface area contributed by atoms with Crippen LogP contribution in [0.15, 0.2) is 18.3 Å². The summed E-state index contributed by atoms with van der Waals surface area (Å²) in [5.74, 6) is 1.70. The van der Waals surface area contributed by atoms with Crippen LogP contribution in [0.3, 0.4) is 0 Å². The summed E-state index contributed by atoms with van der Waals surface area (Å²) in [5.41, 5.74) is -0.0493. The van der Waals surface area contributed by atoms with E-state index in [2.05, 4.69) is 27.4 Å². The summed E-state index contributed by atoms with van der Waals surface area (Å²) in [5, 5.41) is 19.3. The van der Waals surface area contributed by atoms with E-state index in [-0.39, 0.29) is 12.0 Å². The van der Waals surface area contributed by atoms with Gasteiger partial charge in [0.15, 0.2) is 0 Å². The number of hydrogen-bond acceptors (Lipinski definition) is 4. The molecular formula is C20H28N4O2. The maximum atomic E-state index is 12.9. The van der Waals surface area contributed by atoms with Gasteiger partial charge < -0.3 is 10.0 Å². The first-order chi connectivity index (χ1) is 12.6. The predicted molar refractivity (Wildman–Crippen MR) is 96.1 cm³/mol. The van der Waals surface area contributed by atoms with Crippen molar-refractivity contribution in [1.82, 2.24) is 19.9 Å². The molecule has 3 aliphatic carbocycles. The summed E-state index contributed by atoms with van der Waals surface area (Å²) in [6.45, 7) is 1.61. The standard InChI is InChI=1S/C20H28N4O2/c25-19(17-12-14-3-4-15(17)11-14)23-9-5-16(6-10-23)24-13-18(21-22-24)20(26)7-1-2-8-20/h3-4,13-17,26H,1-2,5-12H2/t14-,15+,17-/m1/s1. The van der Waals surface area contributed by atoms with Crippen LogP contribution in [0.1, 0.15) is 63.1 Å². The van der Waals surface area contributed by atoms with Crippen molar-refractivity contribution < 1.29 is 9.90 Å². The van der Waals surface area contributed by atoms with Gasteiger partial charge in [-0.2, -0.15) is 0 Å². The molecule has 0 radical (unpaired) electrons. The molecule has 0 unspecified atom stereocenters. The zero-order chi connectivity index (χ0) is 17.7. The molecule has 6 nitrogen and oxygen atoms in total. The first kappa shape index (κ1) is 16.5. The summed E-state index contributed by atoms with van der Waals surface area (Å²) in [6.07, 6.45) is 14.2. The first-order valence-corrected chi connectivity index (χ1v) is 10.2. The van der Waals surface area contributed by atoms with Gasteiger partial charge in [-0.05, 0) is 50.4 Å². The molecule has 1 saturated heterocycles. The number of rotatable bonds is 3. The van der Waals surface area contributed by atoms with E-state index in [9.17, 15) is 9.90 Å². The quantitative estimate of drug-likeness (QED) is 0.845. The number of fused-ring (bicyclic) bond motifs is 2. The lowest BCUT2D eigenvalue weighted by Crippen LogP contribution is -2.43. The van der Waals surface area contributed by atoms with Crippen molar-refractivity contribution in [2.24, 2.45) is 17.8 Å². The van der Waals surface area contributed by atoms with Crippen LogP contribution >= 0.6 is 0 Å². The number of likely N-dealkylation sites (tertiary alicyclic amines) is 1. The summed E-state index contributed by atoms with van der Waals surface area (Å²) in [6, 6.07) is 0.283. The molecule has 1 aromatic heterocycles. The molecule has 1 aliphatic heterocycles. The topological polar surface area (TPSA) is 71.2 Å². The van der Waals surface area contributed by atoms with Crippen molar-refractivity contribution in [3.05, 3.63) is 24.0 Å². The largest absolute Gasteiger partial charge is 0.383 e. The average Bonchev–Trinajstić information content (AvgIpc) is 3.44. The molecule has 3 atom stereocenters. The third kappa shape index (κ3) is 2.70. The van der Waals surface area contributed by atoms with Gasteiger partial charge in [0, 0.05) is 19.0 Å². The van der Waals surface area contributed by atoms with Gasteiger partial charge in [0.1, 0.15) is 11.3 Å². The van der Waals surface area contributed by atoms with Crippen LogP contribution in [0.25, 0.3) is 0 Å². The van der Waals surface area contributed by atoms with E-state index in [1.165, 1.54) is 6.42 Å². The Morgan fingerprint density at radius 1 is 1.15 bits per heavy atom. The lowest BCUT2D eigenvalue weighted by molar-refractivity contribution is -0.137. The molecule has 0 spiro atoms. The molecule has 3 fully saturated rings. The van der Waals surface area contributed by atoms with Gasteiger partial charge in [0.05, 0.1) is 12.2 Å². The summed E-state index contributed by atoms with van der Waals surface area (Å²) < 4.78 is 1.92. The Morgan fingerprint density at radius 3 is 2.58 bits per heavy atom. The van der Waals surface area contributed by atoms with Gasteiger partial charge >= 0.3 is 0 Å². The minimum atomic E-state index is -0.774. The molecule has 5 rings (SSSR count). The monoisotopic (exact) mass is 356 g/mol. The van der Waals surface area contributed by atoms with E-state index in [1.54, 1.807) is 0 Å². The Bertz CT molecular complexity index is 713. The number of piperidine rings is 1. The summed E-state index contributed by atoms with van der Waals surface area (Å²) >= 11 is 0. The molecule has 140 valence electrons. The fraction of sp³-hybridized carbons (Fsp3) is 0.750. The van der Waals surface area contributed by atoms with E-state index in [0.717, 1.165) is 63.7 Å². The Morgan fingerprint density at radius 2 is 1.92 bits per heavy atom. The van der Waals surface area contributed by atoms with Gasteiger partial charge in [-0.3, -0.25) is 4.79 Å². The minimum Gasteiger partial charge on any atom is -0.383 e. The Balaban J connectivity index is 1.20. The Hall–Kier alpha value is -1.69. The molecule has 2 saturated carbocycles. The second-order valence-electron chi connectivity index (χ2n) is 8.77. The SMILES string of the molecule is O=C([C@@H]1C[C@@H]2C=C[C@H]1C2)N1CCC(n2cc(C3(O)CCCC3)nn2)CC1. The normalized spacial score (nSPS) is 33.3. The van der Waals surface area contributed by atoms with E-state index in [4.69, 9.17) is 0 Å². The third-order valence-corrected chi connectivity index (χ3v) is 7.16. The van der Waals surface area contributed by atoms with Crippen molar-refractivity contribution in [2.75, 3.05) is 13.1 Å². The van der Waals surface area contributed by atoms with E-state index < -0.39 is 5.60 Å². The van der Waals surface area contributed by atoms with E-state index >= 15 is 0 Å². The maximum Gasteiger partial charge on any atom is 0.226 e.